The average Bonchev–Trinajstić information content (AvgIpc) is 1.90. The largest absolute Gasteiger partial charge is 0.378 e. The fourth-order valence-corrected chi connectivity index (χ4v) is 0.806. The van der Waals surface area contributed by atoms with Crippen LogP contribution in [0.3, 0.4) is 0 Å². The maximum absolute atomic E-state index is 12.3. The number of hydrogen-bond acceptors (Lipinski definition) is 2. The fraction of sp³-hybridized carbons (Fsp3) is 0.667. The van der Waals surface area contributed by atoms with Gasteiger partial charge < -0.3 is 9.64 Å². The third kappa shape index (κ3) is 1.68. The molecule has 0 amide bonds. The molecule has 1 aliphatic heterocycles. The standard InChI is InChI=1S/C6H10FNO/c1-6(7)8-2-4-9-5-3-8/h1-5H2. The average molecular weight is 131 g/mol. The molecule has 1 aliphatic rings. The van der Waals surface area contributed by atoms with Crippen LogP contribution in [0.5, 0.6) is 0 Å². The van der Waals surface area contributed by atoms with Gasteiger partial charge in [0.2, 0.25) is 0 Å². The first-order chi connectivity index (χ1) is 4.30. The van der Waals surface area contributed by atoms with Crippen molar-refractivity contribution < 1.29 is 9.13 Å². The second kappa shape index (κ2) is 2.82. The van der Waals surface area contributed by atoms with E-state index in [1.165, 1.54) is 0 Å². The predicted octanol–water partition coefficient (Wildman–Crippen LogP) is 0.759. The zero-order chi connectivity index (χ0) is 6.69. The molecular formula is C6H10FNO. The minimum Gasteiger partial charge on any atom is -0.378 e. The van der Waals surface area contributed by atoms with E-state index >= 15 is 0 Å². The maximum Gasteiger partial charge on any atom is 0.182 e. The van der Waals surface area contributed by atoms with Gasteiger partial charge in [0.25, 0.3) is 0 Å². The summed E-state index contributed by atoms with van der Waals surface area (Å²) < 4.78 is 17.3. The van der Waals surface area contributed by atoms with E-state index in [2.05, 4.69) is 6.58 Å². The van der Waals surface area contributed by atoms with Crippen molar-refractivity contribution in [3.8, 4) is 0 Å². The zero-order valence-electron chi connectivity index (χ0n) is 5.27. The Bertz CT molecular complexity index is 110. The molecule has 0 N–H and O–H groups in total. The summed E-state index contributed by atoms with van der Waals surface area (Å²) in [5.41, 5.74) is 0. The van der Waals surface area contributed by atoms with Gasteiger partial charge in [-0.05, 0) is 6.58 Å². The molecule has 0 atom stereocenters. The van der Waals surface area contributed by atoms with Gasteiger partial charge in [-0.1, -0.05) is 0 Å². The number of rotatable bonds is 1. The molecule has 0 aromatic carbocycles. The molecule has 0 aromatic heterocycles. The predicted molar refractivity (Wildman–Crippen MR) is 32.6 cm³/mol. The Morgan fingerprint density at radius 3 is 2.33 bits per heavy atom. The SMILES string of the molecule is C=C(F)N1CCOCC1. The number of ether oxygens (including phenoxy) is 1. The van der Waals surface area contributed by atoms with E-state index in [1.54, 1.807) is 4.90 Å². The summed E-state index contributed by atoms with van der Waals surface area (Å²) in [5.74, 6) is -0.349. The number of hydrogen-bond donors (Lipinski definition) is 0. The highest BCUT2D eigenvalue weighted by molar-refractivity contribution is 4.82. The fourth-order valence-electron chi connectivity index (χ4n) is 0.806. The van der Waals surface area contributed by atoms with E-state index in [0.29, 0.717) is 26.3 Å². The summed E-state index contributed by atoms with van der Waals surface area (Å²) in [5, 5.41) is 0. The summed E-state index contributed by atoms with van der Waals surface area (Å²) >= 11 is 0. The van der Waals surface area contributed by atoms with Crippen LogP contribution >= 0.6 is 0 Å². The van der Waals surface area contributed by atoms with Crippen LogP contribution in [0.4, 0.5) is 4.39 Å². The topological polar surface area (TPSA) is 12.5 Å². The van der Waals surface area contributed by atoms with E-state index in [1.807, 2.05) is 0 Å². The summed E-state index contributed by atoms with van der Waals surface area (Å²) in [6, 6.07) is 0. The van der Waals surface area contributed by atoms with Crippen LogP contribution in [0, 0.1) is 0 Å². The molecule has 1 fully saturated rings. The molecule has 0 aliphatic carbocycles. The van der Waals surface area contributed by atoms with Gasteiger partial charge in [0.15, 0.2) is 5.95 Å². The van der Waals surface area contributed by atoms with Gasteiger partial charge >= 0.3 is 0 Å². The normalized spacial score (nSPS) is 19.9. The van der Waals surface area contributed by atoms with Crippen molar-refractivity contribution in [3.63, 3.8) is 0 Å². The van der Waals surface area contributed by atoms with Crippen molar-refractivity contribution >= 4 is 0 Å². The molecule has 1 rings (SSSR count). The lowest BCUT2D eigenvalue weighted by Gasteiger charge is -2.25. The summed E-state index contributed by atoms with van der Waals surface area (Å²) in [6.45, 7) is 5.68. The van der Waals surface area contributed by atoms with Crippen molar-refractivity contribution in [2.75, 3.05) is 26.3 Å². The third-order valence-corrected chi connectivity index (χ3v) is 1.35. The van der Waals surface area contributed by atoms with E-state index in [4.69, 9.17) is 4.74 Å². The molecular weight excluding hydrogens is 121 g/mol. The molecule has 0 bridgehead atoms. The Morgan fingerprint density at radius 1 is 1.44 bits per heavy atom. The molecule has 0 aromatic rings. The molecule has 9 heavy (non-hydrogen) atoms. The van der Waals surface area contributed by atoms with Crippen molar-refractivity contribution in [1.29, 1.82) is 0 Å². The molecule has 0 radical (unpaired) electrons. The Morgan fingerprint density at radius 2 is 2.00 bits per heavy atom. The molecule has 2 nitrogen and oxygen atoms in total. The van der Waals surface area contributed by atoms with Crippen LogP contribution in [0.25, 0.3) is 0 Å². The Balaban J connectivity index is 2.31. The number of halogens is 1. The van der Waals surface area contributed by atoms with E-state index in [0.717, 1.165) is 0 Å². The lowest BCUT2D eigenvalue weighted by atomic mass is 10.4. The van der Waals surface area contributed by atoms with Crippen molar-refractivity contribution in [3.05, 3.63) is 12.5 Å². The molecule has 0 unspecified atom stereocenters. The minimum absolute atomic E-state index is 0.349. The highest BCUT2D eigenvalue weighted by atomic mass is 19.1. The quantitative estimate of drug-likeness (QED) is 0.487. The van der Waals surface area contributed by atoms with Gasteiger partial charge in [0.05, 0.1) is 13.2 Å². The second-order valence-electron chi connectivity index (χ2n) is 1.98. The molecule has 0 spiro atoms. The van der Waals surface area contributed by atoms with Crippen molar-refractivity contribution in [2.24, 2.45) is 0 Å². The Hall–Kier alpha value is -0.570. The van der Waals surface area contributed by atoms with Crippen molar-refractivity contribution in [2.45, 2.75) is 0 Å². The van der Waals surface area contributed by atoms with Crippen LogP contribution in [0.2, 0.25) is 0 Å². The van der Waals surface area contributed by atoms with Crippen LogP contribution in [-0.4, -0.2) is 31.2 Å². The highest BCUT2D eigenvalue weighted by Crippen LogP contribution is 2.04. The molecule has 3 heteroatoms. The summed E-state index contributed by atoms with van der Waals surface area (Å²) in [7, 11) is 0. The minimum atomic E-state index is -0.349. The lowest BCUT2D eigenvalue weighted by Crippen LogP contribution is -2.34. The Labute approximate surface area is 53.9 Å². The zero-order valence-corrected chi connectivity index (χ0v) is 5.27. The van der Waals surface area contributed by atoms with E-state index < -0.39 is 0 Å². The van der Waals surface area contributed by atoms with Crippen LogP contribution in [-0.2, 0) is 4.74 Å². The van der Waals surface area contributed by atoms with Gasteiger partial charge in [-0.3, -0.25) is 0 Å². The monoisotopic (exact) mass is 131 g/mol. The summed E-state index contributed by atoms with van der Waals surface area (Å²) in [6.07, 6.45) is 0. The van der Waals surface area contributed by atoms with E-state index in [-0.39, 0.29) is 5.95 Å². The first-order valence-electron chi connectivity index (χ1n) is 2.98. The van der Waals surface area contributed by atoms with Crippen LogP contribution in [0.1, 0.15) is 0 Å². The van der Waals surface area contributed by atoms with E-state index in [9.17, 15) is 4.39 Å². The van der Waals surface area contributed by atoms with Gasteiger partial charge in [-0.25, -0.2) is 0 Å². The lowest BCUT2D eigenvalue weighted by molar-refractivity contribution is 0.0428. The van der Waals surface area contributed by atoms with Gasteiger partial charge in [0, 0.05) is 13.1 Å². The molecule has 52 valence electrons. The molecule has 1 heterocycles. The third-order valence-electron chi connectivity index (χ3n) is 1.35. The Kier molecular flexibility index (Phi) is 2.05. The maximum atomic E-state index is 12.3. The number of nitrogens with zero attached hydrogens (tertiary/aromatic N) is 1. The molecule has 1 saturated heterocycles. The first kappa shape index (κ1) is 6.55. The molecule has 0 saturated carbocycles. The van der Waals surface area contributed by atoms with Gasteiger partial charge in [-0.2, -0.15) is 4.39 Å². The van der Waals surface area contributed by atoms with Crippen LogP contribution < -0.4 is 0 Å². The highest BCUT2D eigenvalue weighted by Gasteiger charge is 2.10. The first-order valence-corrected chi connectivity index (χ1v) is 2.98. The van der Waals surface area contributed by atoms with Crippen molar-refractivity contribution in [1.82, 2.24) is 4.90 Å². The smallest absolute Gasteiger partial charge is 0.182 e. The summed E-state index contributed by atoms with van der Waals surface area (Å²) in [4.78, 5) is 1.57. The van der Waals surface area contributed by atoms with Crippen LogP contribution in [0.15, 0.2) is 12.5 Å². The second-order valence-corrected chi connectivity index (χ2v) is 1.98. The number of morpholine rings is 1. The van der Waals surface area contributed by atoms with Gasteiger partial charge in [-0.15, -0.1) is 0 Å². The van der Waals surface area contributed by atoms with Gasteiger partial charge in [0.1, 0.15) is 0 Å².